The second-order valence-electron chi connectivity index (χ2n) is 7.75. The molecule has 2 unspecified atom stereocenters. The van der Waals surface area contributed by atoms with Crippen LogP contribution in [0.5, 0.6) is 0 Å². The Hall–Kier alpha value is -3.39. The van der Waals surface area contributed by atoms with Crippen LogP contribution in [0.25, 0.3) is 0 Å². The third-order valence-corrected chi connectivity index (χ3v) is 5.91. The molecular formula is C25H27N3O4S. The van der Waals surface area contributed by atoms with Crippen LogP contribution < -0.4 is 5.73 Å². The predicted octanol–water partition coefficient (Wildman–Crippen LogP) is 3.63. The lowest BCUT2D eigenvalue weighted by Crippen LogP contribution is -2.27. The Labute approximate surface area is 198 Å². The number of carboxylic acid groups (broad SMARTS) is 1. The maximum Gasteiger partial charge on any atom is 0.338 e. The lowest BCUT2D eigenvalue weighted by Gasteiger charge is -2.19. The van der Waals surface area contributed by atoms with Crippen LogP contribution >= 0.6 is 12.6 Å². The highest BCUT2D eigenvalue weighted by Gasteiger charge is 2.26. The number of nitrogens with zero attached hydrogens (tertiary/aromatic N) is 2. The van der Waals surface area contributed by atoms with Crippen LogP contribution in [-0.2, 0) is 28.8 Å². The number of aromatic nitrogens is 2. The zero-order chi connectivity index (χ0) is 23.6. The maximum atomic E-state index is 12.4. The Morgan fingerprint density at radius 1 is 1.03 bits per heavy atom. The van der Waals surface area contributed by atoms with E-state index in [1.807, 2.05) is 24.3 Å². The first-order valence-electron chi connectivity index (χ1n) is 10.7. The van der Waals surface area contributed by atoms with Gasteiger partial charge in [-0.15, -0.1) is 0 Å². The van der Waals surface area contributed by atoms with Gasteiger partial charge in [-0.25, -0.2) is 9.78 Å². The van der Waals surface area contributed by atoms with Gasteiger partial charge in [0.1, 0.15) is 5.82 Å². The summed E-state index contributed by atoms with van der Waals surface area (Å²) in [5.74, 6) is -1.58. The maximum absolute atomic E-state index is 12.4. The number of aryl methyl sites for hydroxylation is 1. The monoisotopic (exact) mass is 465 g/mol. The molecule has 0 aliphatic carbocycles. The Balaban J connectivity index is 1.53. The second-order valence-corrected chi connectivity index (χ2v) is 8.42. The van der Waals surface area contributed by atoms with Gasteiger partial charge in [-0.05, 0) is 60.7 Å². The minimum Gasteiger partial charge on any atom is -0.481 e. The van der Waals surface area contributed by atoms with Crippen molar-refractivity contribution in [2.24, 2.45) is 5.92 Å². The molecule has 0 spiro atoms. The lowest BCUT2D eigenvalue weighted by molar-refractivity contribution is -0.141. The number of thiol groups is 1. The summed E-state index contributed by atoms with van der Waals surface area (Å²) in [5.41, 5.74) is 8.65. The number of aliphatic carboxylic acids is 1. The van der Waals surface area contributed by atoms with Gasteiger partial charge in [-0.3, -0.25) is 9.78 Å². The number of ether oxygens (including phenoxy) is 1. The molecule has 0 saturated carbocycles. The topological polar surface area (TPSA) is 115 Å². The van der Waals surface area contributed by atoms with Gasteiger partial charge in [0.25, 0.3) is 0 Å². The number of carbonyl (C=O) groups excluding carboxylic acids is 1. The summed E-state index contributed by atoms with van der Waals surface area (Å²) < 4.78 is 5.37. The summed E-state index contributed by atoms with van der Waals surface area (Å²) in [6.45, 7) is 0.249. The summed E-state index contributed by atoms with van der Waals surface area (Å²) in [6.07, 6.45) is 5.30. The van der Waals surface area contributed by atoms with E-state index in [0.29, 0.717) is 37.1 Å². The average Bonchev–Trinajstić information content (AvgIpc) is 2.82. The Morgan fingerprint density at radius 3 is 2.58 bits per heavy atom. The summed E-state index contributed by atoms with van der Waals surface area (Å²) in [7, 11) is 0. The van der Waals surface area contributed by atoms with Gasteiger partial charge in [0.05, 0.1) is 18.1 Å². The van der Waals surface area contributed by atoms with Crippen molar-refractivity contribution in [2.45, 2.75) is 30.9 Å². The number of carbonyl (C=O) groups is 2. The van der Waals surface area contributed by atoms with E-state index in [9.17, 15) is 14.7 Å². The molecule has 2 aromatic heterocycles. The van der Waals surface area contributed by atoms with Gasteiger partial charge >= 0.3 is 11.9 Å². The fourth-order valence-corrected chi connectivity index (χ4v) is 3.81. The molecule has 0 saturated heterocycles. The molecule has 3 aromatic rings. The molecule has 3 rings (SSSR count). The number of hydrogen-bond donors (Lipinski definition) is 3. The first-order chi connectivity index (χ1) is 15.9. The normalized spacial score (nSPS) is 12.6. The molecule has 0 aliphatic rings. The fourth-order valence-electron chi connectivity index (χ4n) is 3.45. The summed E-state index contributed by atoms with van der Waals surface area (Å²) in [6, 6.07) is 16.2. The van der Waals surface area contributed by atoms with E-state index < -0.39 is 17.9 Å². The summed E-state index contributed by atoms with van der Waals surface area (Å²) in [5, 5.41) is 9.31. The van der Waals surface area contributed by atoms with Crippen molar-refractivity contribution >= 4 is 30.4 Å². The first kappa shape index (κ1) is 24.3. The van der Waals surface area contributed by atoms with E-state index >= 15 is 0 Å². The number of rotatable bonds is 11. The molecule has 0 bridgehead atoms. The highest BCUT2D eigenvalue weighted by molar-refractivity contribution is 7.81. The lowest BCUT2D eigenvalue weighted by atomic mass is 9.93. The molecule has 2 atom stereocenters. The van der Waals surface area contributed by atoms with Crippen molar-refractivity contribution in [3.8, 4) is 0 Å². The Morgan fingerprint density at radius 2 is 1.88 bits per heavy atom. The molecule has 33 heavy (non-hydrogen) atoms. The van der Waals surface area contributed by atoms with Crippen molar-refractivity contribution in [3.05, 3.63) is 89.4 Å². The van der Waals surface area contributed by atoms with Gasteiger partial charge < -0.3 is 15.6 Å². The van der Waals surface area contributed by atoms with E-state index in [1.165, 1.54) is 0 Å². The molecule has 2 heterocycles. The summed E-state index contributed by atoms with van der Waals surface area (Å²) in [4.78, 5) is 32.4. The number of esters is 1. The molecule has 1 aromatic carbocycles. The molecule has 0 aliphatic heterocycles. The SMILES string of the molecule is Nc1ccc(CC(C(=O)O)C(S)CCc2cccc(C(=O)OCCc3ccccn3)c2)cn1. The van der Waals surface area contributed by atoms with E-state index in [-0.39, 0.29) is 11.9 Å². The van der Waals surface area contributed by atoms with Crippen LogP contribution in [0.2, 0.25) is 0 Å². The molecule has 0 fully saturated rings. The van der Waals surface area contributed by atoms with E-state index in [0.717, 1.165) is 16.8 Å². The zero-order valence-electron chi connectivity index (χ0n) is 18.1. The van der Waals surface area contributed by atoms with Gasteiger partial charge in [-0.1, -0.05) is 24.3 Å². The van der Waals surface area contributed by atoms with Gasteiger partial charge in [-0.2, -0.15) is 12.6 Å². The molecule has 8 heteroatoms. The quantitative estimate of drug-likeness (QED) is 0.292. The van der Waals surface area contributed by atoms with E-state index in [2.05, 4.69) is 22.6 Å². The van der Waals surface area contributed by atoms with Crippen molar-refractivity contribution in [1.82, 2.24) is 9.97 Å². The summed E-state index contributed by atoms with van der Waals surface area (Å²) >= 11 is 4.57. The number of carboxylic acids is 1. The minimum atomic E-state index is -0.906. The number of benzene rings is 1. The molecular weight excluding hydrogens is 438 g/mol. The van der Waals surface area contributed by atoms with Crippen LogP contribution in [-0.4, -0.2) is 38.9 Å². The van der Waals surface area contributed by atoms with Crippen LogP contribution in [0, 0.1) is 5.92 Å². The highest BCUT2D eigenvalue weighted by atomic mass is 32.1. The van der Waals surface area contributed by atoms with Gasteiger partial charge in [0.2, 0.25) is 0 Å². The Bertz CT molecular complexity index is 1060. The number of nitrogen functional groups attached to an aromatic ring is 1. The Kier molecular flexibility index (Phi) is 8.83. The number of hydrogen-bond acceptors (Lipinski definition) is 7. The fraction of sp³-hybridized carbons (Fsp3) is 0.280. The average molecular weight is 466 g/mol. The van der Waals surface area contributed by atoms with Crippen LogP contribution in [0.1, 0.15) is 33.6 Å². The van der Waals surface area contributed by atoms with Crippen LogP contribution in [0.15, 0.2) is 67.0 Å². The van der Waals surface area contributed by atoms with Gasteiger partial charge in [0, 0.05) is 29.8 Å². The third kappa shape index (κ3) is 7.61. The highest BCUT2D eigenvalue weighted by Crippen LogP contribution is 2.22. The molecule has 0 radical (unpaired) electrons. The largest absolute Gasteiger partial charge is 0.481 e. The second kappa shape index (κ2) is 12.0. The first-order valence-corrected chi connectivity index (χ1v) is 11.2. The number of anilines is 1. The molecule has 172 valence electrons. The number of pyridine rings is 2. The standard InChI is InChI=1S/C25H27N3O4S/c26-23-10-8-18(16-28-23)15-21(24(29)30)22(33)9-7-17-4-3-5-19(14-17)25(31)32-13-11-20-6-1-2-12-27-20/h1-6,8,10,12,14,16,21-22,33H,7,9,11,13,15H2,(H2,26,28)(H,29,30). The predicted molar refractivity (Wildman–Crippen MR) is 129 cm³/mol. The zero-order valence-corrected chi connectivity index (χ0v) is 19.0. The minimum absolute atomic E-state index is 0.249. The molecule has 3 N–H and O–H groups in total. The smallest absolute Gasteiger partial charge is 0.338 e. The van der Waals surface area contributed by atoms with Crippen molar-refractivity contribution in [1.29, 1.82) is 0 Å². The molecule has 0 amide bonds. The molecule has 7 nitrogen and oxygen atoms in total. The van der Waals surface area contributed by atoms with Crippen LogP contribution in [0.3, 0.4) is 0 Å². The van der Waals surface area contributed by atoms with Crippen molar-refractivity contribution < 1.29 is 19.4 Å². The number of nitrogens with two attached hydrogens (primary N) is 1. The van der Waals surface area contributed by atoms with Gasteiger partial charge in [0.15, 0.2) is 0 Å². The third-order valence-electron chi connectivity index (χ3n) is 5.29. The van der Waals surface area contributed by atoms with Crippen molar-refractivity contribution in [3.63, 3.8) is 0 Å². The van der Waals surface area contributed by atoms with E-state index in [4.69, 9.17) is 10.5 Å². The van der Waals surface area contributed by atoms with E-state index in [1.54, 1.807) is 42.7 Å². The van der Waals surface area contributed by atoms with Crippen LogP contribution in [0.4, 0.5) is 5.82 Å². The van der Waals surface area contributed by atoms with Crippen molar-refractivity contribution in [2.75, 3.05) is 12.3 Å².